The number of carbonyl (C=O) groups is 1. The molecule has 0 spiro atoms. The Labute approximate surface area is 144 Å². The maximum absolute atomic E-state index is 12.4. The van der Waals surface area contributed by atoms with E-state index < -0.39 is 0 Å². The van der Waals surface area contributed by atoms with Gasteiger partial charge in [-0.2, -0.15) is 0 Å². The number of ether oxygens (including phenoxy) is 1. The molecule has 0 saturated heterocycles. The first kappa shape index (κ1) is 16.3. The largest absolute Gasteiger partial charge is 0.497 e. The van der Waals surface area contributed by atoms with Gasteiger partial charge in [-0.25, -0.2) is 0 Å². The highest BCUT2D eigenvalue weighted by atomic mass is 32.2. The second kappa shape index (κ2) is 7.31. The minimum absolute atomic E-state index is 0.0444. The smallest absolute Gasteiger partial charge is 0.196 e. The molecular formula is C18H17N3O2S. The van der Waals surface area contributed by atoms with Gasteiger partial charge in [0.2, 0.25) is 0 Å². The van der Waals surface area contributed by atoms with Crippen molar-refractivity contribution >= 4 is 17.5 Å². The number of thioether (sulfide) groups is 1. The first-order chi connectivity index (χ1) is 11.7. The summed E-state index contributed by atoms with van der Waals surface area (Å²) in [5.74, 6) is 1.87. The maximum Gasteiger partial charge on any atom is 0.196 e. The van der Waals surface area contributed by atoms with Crippen LogP contribution in [0, 0.1) is 6.92 Å². The predicted molar refractivity (Wildman–Crippen MR) is 94.1 cm³/mol. The lowest BCUT2D eigenvalue weighted by atomic mass is 10.1. The van der Waals surface area contributed by atoms with Crippen LogP contribution in [0.1, 0.15) is 16.2 Å². The summed E-state index contributed by atoms with van der Waals surface area (Å²) in [4.78, 5) is 12.4. The van der Waals surface area contributed by atoms with Gasteiger partial charge in [0, 0.05) is 11.3 Å². The molecule has 122 valence electrons. The fourth-order valence-corrected chi connectivity index (χ4v) is 3.19. The van der Waals surface area contributed by atoms with Crippen LogP contribution in [0.4, 0.5) is 0 Å². The number of para-hydroxylation sites is 1. The normalized spacial score (nSPS) is 10.6. The average molecular weight is 339 g/mol. The molecule has 0 atom stereocenters. The molecule has 3 aromatic rings. The fraction of sp³-hybridized carbons (Fsp3) is 0.167. The summed E-state index contributed by atoms with van der Waals surface area (Å²) in [7, 11) is 1.60. The van der Waals surface area contributed by atoms with Crippen LogP contribution < -0.4 is 4.74 Å². The highest BCUT2D eigenvalue weighted by Crippen LogP contribution is 2.23. The van der Waals surface area contributed by atoms with Gasteiger partial charge in [0.05, 0.1) is 12.9 Å². The number of rotatable bonds is 6. The van der Waals surface area contributed by atoms with Gasteiger partial charge in [0.15, 0.2) is 10.9 Å². The van der Waals surface area contributed by atoms with Gasteiger partial charge in [-0.3, -0.25) is 9.36 Å². The third-order valence-corrected chi connectivity index (χ3v) is 4.48. The van der Waals surface area contributed by atoms with Crippen molar-refractivity contribution in [3.63, 3.8) is 0 Å². The van der Waals surface area contributed by atoms with Crippen LogP contribution in [0.5, 0.6) is 5.75 Å². The molecule has 0 N–H and O–H groups in total. The fourth-order valence-electron chi connectivity index (χ4n) is 2.30. The van der Waals surface area contributed by atoms with Gasteiger partial charge in [-0.15, -0.1) is 10.2 Å². The molecule has 1 aromatic heterocycles. The molecule has 0 radical (unpaired) electrons. The van der Waals surface area contributed by atoms with Crippen molar-refractivity contribution in [3.8, 4) is 11.4 Å². The van der Waals surface area contributed by atoms with Crippen molar-refractivity contribution in [2.24, 2.45) is 0 Å². The number of hydrogen-bond donors (Lipinski definition) is 0. The van der Waals surface area contributed by atoms with Gasteiger partial charge in [-0.05, 0) is 43.3 Å². The van der Waals surface area contributed by atoms with Crippen molar-refractivity contribution in [2.75, 3.05) is 12.9 Å². The van der Waals surface area contributed by atoms with Crippen LogP contribution in [-0.2, 0) is 0 Å². The molecule has 5 nitrogen and oxygen atoms in total. The van der Waals surface area contributed by atoms with Gasteiger partial charge in [-0.1, -0.05) is 30.0 Å². The number of benzene rings is 2. The van der Waals surface area contributed by atoms with Crippen molar-refractivity contribution in [2.45, 2.75) is 12.1 Å². The Hall–Kier alpha value is -2.60. The summed E-state index contributed by atoms with van der Waals surface area (Å²) in [6.45, 7) is 1.90. The van der Waals surface area contributed by atoms with Crippen LogP contribution in [0.2, 0.25) is 0 Å². The quantitative estimate of drug-likeness (QED) is 0.508. The Bertz CT molecular complexity index is 829. The minimum atomic E-state index is 0.0444. The molecule has 0 aliphatic carbocycles. The Morgan fingerprint density at radius 3 is 2.46 bits per heavy atom. The van der Waals surface area contributed by atoms with E-state index in [9.17, 15) is 4.79 Å². The summed E-state index contributed by atoms with van der Waals surface area (Å²) in [6.07, 6.45) is 0. The summed E-state index contributed by atoms with van der Waals surface area (Å²) in [5, 5.41) is 9.03. The molecule has 2 aromatic carbocycles. The topological polar surface area (TPSA) is 57.0 Å². The first-order valence-electron chi connectivity index (χ1n) is 7.46. The van der Waals surface area contributed by atoms with Crippen molar-refractivity contribution in [3.05, 3.63) is 66.0 Å². The number of carbonyl (C=O) groups excluding carboxylic acids is 1. The SMILES string of the molecule is COc1ccc(C(=O)CSc2nnc(C)n2-c2ccccc2)cc1. The summed E-state index contributed by atoms with van der Waals surface area (Å²) >= 11 is 1.38. The molecule has 0 bridgehead atoms. The van der Waals surface area contributed by atoms with Crippen LogP contribution in [0.15, 0.2) is 59.8 Å². The zero-order chi connectivity index (χ0) is 16.9. The van der Waals surface area contributed by atoms with E-state index in [0.29, 0.717) is 16.5 Å². The second-order valence-electron chi connectivity index (χ2n) is 5.14. The molecule has 0 aliphatic rings. The molecule has 0 unspecified atom stereocenters. The Balaban J connectivity index is 1.74. The number of nitrogens with zero attached hydrogens (tertiary/aromatic N) is 3. The summed E-state index contributed by atoms with van der Waals surface area (Å²) in [5.41, 5.74) is 1.64. The van der Waals surface area contributed by atoms with E-state index >= 15 is 0 Å². The average Bonchev–Trinajstić information content (AvgIpc) is 3.01. The molecule has 3 rings (SSSR count). The molecule has 1 heterocycles. The maximum atomic E-state index is 12.4. The Kier molecular flexibility index (Phi) is 4.96. The number of aromatic nitrogens is 3. The molecule has 0 aliphatic heterocycles. The highest BCUT2D eigenvalue weighted by Gasteiger charge is 2.14. The minimum Gasteiger partial charge on any atom is -0.497 e. The third-order valence-electron chi connectivity index (χ3n) is 3.55. The van der Waals surface area contributed by atoms with Crippen LogP contribution in [-0.4, -0.2) is 33.4 Å². The second-order valence-corrected chi connectivity index (χ2v) is 6.08. The standard InChI is InChI=1S/C18H17N3O2S/c1-13-19-20-18(21(13)15-6-4-3-5-7-15)24-12-17(22)14-8-10-16(23-2)11-9-14/h3-11H,12H2,1-2H3. The summed E-state index contributed by atoms with van der Waals surface area (Å²) < 4.78 is 7.06. The van der Waals surface area contributed by atoms with Crippen LogP contribution >= 0.6 is 11.8 Å². The van der Waals surface area contributed by atoms with Gasteiger partial charge in [0.1, 0.15) is 11.6 Å². The van der Waals surface area contributed by atoms with Crippen molar-refractivity contribution in [1.29, 1.82) is 0 Å². The predicted octanol–water partition coefficient (Wildman–Crippen LogP) is 3.56. The van der Waals surface area contributed by atoms with E-state index in [2.05, 4.69) is 10.2 Å². The molecule has 6 heteroatoms. The van der Waals surface area contributed by atoms with E-state index in [-0.39, 0.29) is 5.78 Å². The van der Waals surface area contributed by atoms with E-state index in [0.717, 1.165) is 17.3 Å². The number of ketones is 1. The van der Waals surface area contributed by atoms with Gasteiger partial charge < -0.3 is 4.74 Å². The van der Waals surface area contributed by atoms with E-state index in [1.165, 1.54) is 11.8 Å². The van der Waals surface area contributed by atoms with Crippen molar-refractivity contribution < 1.29 is 9.53 Å². The molecule has 24 heavy (non-hydrogen) atoms. The monoisotopic (exact) mass is 339 g/mol. The van der Waals surface area contributed by atoms with Gasteiger partial charge in [0.25, 0.3) is 0 Å². The number of Topliss-reactive ketones (excluding diaryl/α,β-unsaturated/α-hetero) is 1. The van der Waals surface area contributed by atoms with Crippen LogP contribution in [0.25, 0.3) is 5.69 Å². The third kappa shape index (κ3) is 3.49. The Morgan fingerprint density at radius 1 is 1.08 bits per heavy atom. The lowest BCUT2D eigenvalue weighted by Crippen LogP contribution is -2.05. The summed E-state index contributed by atoms with van der Waals surface area (Å²) in [6, 6.07) is 17.0. The van der Waals surface area contributed by atoms with E-state index in [4.69, 9.17) is 4.74 Å². The zero-order valence-corrected chi connectivity index (χ0v) is 14.3. The molecule has 0 saturated carbocycles. The zero-order valence-electron chi connectivity index (χ0n) is 13.5. The number of methoxy groups -OCH3 is 1. The van der Waals surface area contributed by atoms with Gasteiger partial charge >= 0.3 is 0 Å². The lowest BCUT2D eigenvalue weighted by molar-refractivity contribution is 0.102. The molecule has 0 amide bonds. The first-order valence-corrected chi connectivity index (χ1v) is 8.45. The molecule has 0 fully saturated rings. The lowest BCUT2D eigenvalue weighted by Gasteiger charge is -2.08. The number of hydrogen-bond acceptors (Lipinski definition) is 5. The van der Waals surface area contributed by atoms with Crippen LogP contribution in [0.3, 0.4) is 0 Å². The highest BCUT2D eigenvalue weighted by molar-refractivity contribution is 7.99. The van der Waals surface area contributed by atoms with E-state index in [1.807, 2.05) is 41.8 Å². The van der Waals surface area contributed by atoms with E-state index in [1.54, 1.807) is 31.4 Å². The molecular weight excluding hydrogens is 322 g/mol. The van der Waals surface area contributed by atoms with Crippen molar-refractivity contribution in [1.82, 2.24) is 14.8 Å². The Morgan fingerprint density at radius 2 is 1.79 bits per heavy atom. The number of aryl methyl sites for hydroxylation is 1.